The smallest absolute Gasteiger partial charge is 0.405 e. The normalized spacial score (nSPS) is 11.5. The van der Waals surface area contributed by atoms with E-state index in [2.05, 4.69) is 15.3 Å². The first kappa shape index (κ1) is 21.6. The Morgan fingerprint density at radius 3 is 2.50 bits per heavy atom. The molecule has 0 fully saturated rings. The molecule has 0 aliphatic rings. The quantitative estimate of drug-likeness (QED) is 0.448. The molecule has 1 aromatic carbocycles. The van der Waals surface area contributed by atoms with Gasteiger partial charge in [0, 0.05) is 11.1 Å². The van der Waals surface area contributed by atoms with Crippen molar-refractivity contribution in [3.05, 3.63) is 47.2 Å². The fourth-order valence-corrected chi connectivity index (χ4v) is 3.20. The minimum atomic E-state index is -4.49. The van der Waals surface area contributed by atoms with Gasteiger partial charge in [0.25, 0.3) is 5.91 Å². The molecular weight excluding hydrogens is 421 g/mol. The lowest BCUT2D eigenvalue weighted by molar-refractivity contribution is -0.136. The number of nitrogens with one attached hydrogen (secondary N) is 2. The molecule has 0 spiro atoms. The molecule has 0 saturated carbocycles. The number of hydrogen-bond acceptors (Lipinski definition) is 6. The molecule has 2 N–H and O–H groups in total. The number of rotatable bonds is 6. The first-order valence-electron chi connectivity index (χ1n) is 8.74. The van der Waals surface area contributed by atoms with Crippen LogP contribution >= 0.6 is 11.8 Å². The van der Waals surface area contributed by atoms with Gasteiger partial charge in [-0.25, -0.2) is 4.98 Å². The van der Waals surface area contributed by atoms with Gasteiger partial charge in [-0.2, -0.15) is 18.2 Å². The Balaban J connectivity index is 1.83. The van der Waals surface area contributed by atoms with Crippen molar-refractivity contribution >= 4 is 40.5 Å². The van der Waals surface area contributed by atoms with Crippen LogP contribution in [-0.4, -0.2) is 40.3 Å². The molecule has 2 heterocycles. The average Bonchev–Trinajstić information content (AvgIpc) is 2.98. The highest BCUT2D eigenvalue weighted by molar-refractivity contribution is 7.99. The zero-order valence-electron chi connectivity index (χ0n) is 16.0. The SMILES string of the molecule is Cc1oc2nc(SCC(=O)NCC(F)(F)F)nc(NC(=O)c3ccccc3)c2c1C. The summed E-state index contributed by atoms with van der Waals surface area (Å²) in [5.41, 5.74) is 1.37. The minimum Gasteiger partial charge on any atom is -0.443 e. The molecule has 11 heteroatoms. The van der Waals surface area contributed by atoms with Crippen molar-refractivity contribution in [3.8, 4) is 0 Å². The van der Waals surface area contributed by atoms with Crippen LogP contribution in [0.5, 0.6) is 0 Å². The second-order valence-corrected chi connectivity index (χ2v) is 7.26. The number of aromatic nitrogens is 2. The van der Waals surface area contributed by atoms with Crippen LogP contribution in [0.2, 0.25) is 0 Å². The number of halogens is 3. The number of carbonyl (C=O) groups is 2. The number of thioether (sulfide) groups is 1. The topological polar surface area (TPSA) is 97.1 Å². The van der Waals surface area contributed by atoms with Crippen LogP contribution in [0.25, 0.3) is 11.1 Å². The van der Waals surface area contributed by atoms with Crippen LogP contribution in [0.4, 0.5) is 19.0 Å². The zero-order valence-corrected chi connectivity index (χ0v) is 16.8. The Kier molecular flexibility index (Phi) is 6.30. The summed E-state index contributed by atoms with van der Waals surface area (Å²) in [6, 6.07) is 8.50. The number of carbonyl (C=O) groups excluding carboxylic acids is 2. The number of furan rings is 1. The molecule has 3 aromatic rings. The van der Waals surface area contributed by atoms with Gasteiger partial charge < -0.3 is 15.1 Å². The fraction of sp³-hybridized carbons (Fsp3) is 0.263. The van der Waals surface area contributed by atoms with Gasteiger partial charge in [0.15, 0.2) is 5.16 Å². The Hall–Kier alpha value is -3.08. The molecule has 2 amide bonds. The van der Waals surface area contributed by atoms with Gasteiger partial charge in [-0.1, -0.05) is 30.0 Å². The molecule has 2 aromatic heterocycles. The van der Waals surface area contributed by atoms with Gasteiger partial charge in [0.2, 0.25) is 11.6 Å². The molecular formula is C19H17F3N4O3S. The predicted molar refractivity (Wildman–Crippen MR) is 105 cm³/mol. The molecule has 30 heavy (non-hydrogen) atoms. The number of anilines is 1. The van der Waals surface area contributed by atoms with Crippen molar-refractivity contribution in [1.29, 1.82) is 0 Å². The third kappa shape index (κ3) is 5.29. The molecule has 0 bridgehead atoms. The molecule has 7 nitrogen and oxygen atoms in total. The van der Waals surface area contributed by atoms with E-state index in [1.54, 1.807) is 49.5 Å². The van der Waals surface area contributed by atoms with Gasteiger partial charge in [-0.05, 0) is 26.0 Å². The number of aryl methyl sites for hydroxylation is 2. The standard InChI is InChI=1S/C19H17F3N4O3S/c1-10-11(2)29-17-14(10)15(24-16(28)12-6-4-3-5-7-12)25-18(26-17)30-8-13(27)23-9-19(20,21)22/h3-7H,8-9H2,1-2H3,(H,23,27)(H,24,25,26,28). The maximum Gasteiger partial charge on any atom is 0.405 e. The highest BCUT2D eigenvalue weighted by Crippen LogP contribution is 2.31. The third-order valence-corrected chi connectivity index (χ3v) is 4.94. The zero-order chi connectivity index (χ0) is 21.9. The number of benzene rings is 1. The summed E-state index contributed by atoms with van der Waals surface area (Å²) in [6.07, 6.45) is -4.49. The van der Waals surface area contributed by atoms with Crippen LogP contribution in [0.3, 0.4) is 0 Å². The molecule has 3 rings (SSSR count). The maximum absolute atomic E-state index is 12.6. The highest BCUT2D eigenvalue weighted by Gasteiger charge is 2.27. The van der Waals surface area contributed by atoms with Crippen molar-refractivity contribution in [1.82, 2.24) is 15.3 Å². The van der Waals surface area contributed by atoms with Crippen LogP contribution in [0.1, 0.15) is 21.7 Å². The van der Waals surface area contributed by atoms with E-state index in [1.165, 1.54) is 0 Å². The van der Waals surface area contributed by atoms with E-state index in [4.69, 9.17) is 4.42 Å². The molecule has 0 radical (unpaired) electrons. The van der Waals surface area contributed by atoms with Crippen LogP contribution in [0.15, 0.2) is 39.9 Å². The van der Waals surface area contributed by atoms with Crippen molar-refractivity contribution in [3.63, 3.8) is 0 Å². The summed E-state index contributed by atoms with van der Waals surface area (Å²) in [6.45, 7) is 2.11. The Morgan fingerprint density at radius 2 is 1.83 bits per heavy atom. The van der Waals surface area contributed by atoms with E-state index in [0.717, 1.165) is 17.3 Å². The summed E-state index contributed by atoms with van der Waals surface area (Å²) in [5.74, 6) is -0.761. The molecule has 0 aliphatic carbocycles. The van der Waals surface area contributed by atoms with E-state index in [1.807, 2.05) is 0 Å². The lowest BCUT2D eigenvalue weighted by Gasteiger charge is -2.09. The Bertz CT molecular complexity index is 1080. The lowest BCUT2D eigenvalue weighted by atomic mass is 10.2. The van der Waals surface area contributed by atoms with Crippen LogP contribution in [-0.2, 0) is 4.79 Å². The van der Waals surface area contributed by atoms with Crippen LogP contribution in [0, 0.1) is 13.8 Å². The highest BCUT2D eigenvalue weighted by atomic mass is 32.2. The average molecular weight is 438 g/mol. The van der Waals surface area contributed by atoms with E-state index >= 15 is 0 Å². The van der Waals surface area contributed by atoms with E-state index in [9.17, 15) is 22.8 Å². The number of hydrogen-bond donors (Lipinski definition) is 2. The van der Waals surface area contributed by atoms with Crippen LogP contribution < -0.4 is 10.6 Å². The molecule has 158 valence electrons. The minimum absolute atomic E-state index is 0.0850. The summed E-state index contributed by atoms with van der Waals surface area (Å²) in [4.78, 5) is 32.7. The summed E-state index contributed by atoms with van der Waals surface area (Å²) in [5, 5.41) is 5.10. The summed E-state index contributed by atoms with van der Waals surface area (Å²) >= 11 is 0.833. The first-order valence-corrected chi connectivity index (χ1v) is 9.73. The van der Waals surface area contributed by atoms with Gasteiger partial charge in [-0.15, -0.1) is 0 Å². The summed E-state index contributed by atoms with van der Waals surface area (Å²) in [7, 11) is 0. The van der Waals surface area contributed by atoms with E-state index < -0.39 is 24.5 Å². The lowest BCUT2D eigenvalue weighted by Crippen LogP contribution is -2.34. The molecule has 0 aliphatic heterocycles. The van der Waals surface area contributed by atoms with Gasteiger partial charge >= 0.3 is 6.18 Å². The van der Waals surface area contributed by atoms with Crippen molar-refractivity contribution in [2.24, 2.45) is 0 Å². The number of amides is 2. The van der Waals surface area contributed by atoms with Gasteiger partial charge in [-0.3, -0.25) is 9.59 Å². The largest absolute Gasteiger partial charge is 0.443 e. The molecule has 0 saturated heterocycles. The molecule has 0 unspecified atom stereocenters. The Labute approximate surface area is 173 Å². The second-order valence-electron chi connectivity index (χ2n) is 6.32. The van der Waals surface area contributed by atoms with E-state index in [0.29, 0.717) is 16.7 Å². The van der Waals surface area contributed by atoms with Crippen molar-refractivity contribution in [2.75, 3.05) is 17.6 Å². The molecule has 0 atom stereocenters. The second kappa shape index (κ2) is 8.74. The maximum atomic E-state index is 12.6. The number of nitrogens with zero attached hydrogens (tertiary/aromatic N) is 2. The Morgan fingerprint density at radius 1 is 1.13 bits per heavy atom. The predicted octanol–water partition coefficient (Wildman–Crippen LogP) is 3.86. The number of fused-ring (bicyclic) bond motifs is 1. The van der Waals surface area contributed by atoms with Crippen molar-refractivity contribution in [2.45, 2.75) is 25.2 Å². The van der Waals surface area contributed by atoms with E-state index in [-0.39, 0.29) is 22.4 Å². The fourth-order valence-electron chi connectivity index (χ4n) is 2.53. The van der Waals surface area contributed by atoms with Gasteiger partial charge in [0.1, 0.15) is 18.1 Å². The number of alkyl halides is 3. The third-order valence-electron chi connectivity index (χ3n) is 4.09. The van der Waals surface area contributed by atoms with Gasteiger partial charge in [0.05, 0.1) is 11.1 Å². The summed E-state index contributed by atoms with van der Waals surface area (Å²) < 4.78 is 42.2. The monoisotopic (exact) mass is 438 g/mol. The first-order chi connectivity index (χ1) is 14.1. The van der Waals surface area contributed by atoms with Crippen molar-refractivity contribution < 1.29 is 27.2 Å².